The Bertz CT molecular complexity index is 1460. The molecule has 1 amide bonds. The molecule has 164 valence electrons. The first kappa shape index (κ1) is 20.7. The van der Waals surface area contributed by atoms with Gasteiger partial charge in [0, 0.05) is 23.0 Å². The van der Waals surface area contributed by atoms with E-state index in [-0.39, 0.29) is 5.91 Å². The number of benzene rings is 2. The highest BCUT2D eigenvalue weighted by molar-refractivity contribution is 7.00. The summed E-state index contributed by atoms with van der Waals surface area (Å²) in [6.07, 6.45) is 0. The van der Waals surface area contributed by atoms with Gasteiger partial charge in [-0.25, -0.2) is 4.68 Å². The maximum Gasteiger partial charge on any atom is 0.255 e. The molecule has 3 heterocycles. The largest absolute Gasteiger partial charge is 0.438 e. The van der Waals surface area contributed by atoms with Crippen LogP contribution < -0.4 is 10.1 Å². The lowest BCUT2D eigenvalue weighted by molar-refractivity contribution is 0.102. The van der Waals surface area contributed by atoms with Crippen LogP contribution in [0.2, 0.25) is 0 Å². The van der Waals surface area contributed by atoms with Crippen molar-refractivity contribution in [3.63, 3.8) is 0 Å². The van der Waals surface area contributed by atoms with Crippen LogP contribution in [0.1, 0.15) is 27.3 Å². The van der Waals surface area contributed by atoms with Crippen LogP contribution in [0.15, 0.2) is 54.6 Å². The second-order valence-corrected chi connectivity index (χ2v) is 8.01. The molecule has 0 atom stereocenters. The third-order valence-corrected chi connectivity index (χ3v) is 5.90. The van der Waals surface area contributed by atoms with Gasteiger partial charge in [-0.2, -0.15) is 13.8 Å². The Hall–Kier alpha value is -4.18. The van der Waals surface area contributed by atoms with Crippen LogP contribution >= 0.6 is 11.7 Å². The Labute approximate surface area is 193 Å². The summed E-state index contributed by atoms with van der Waals surface area (Å²) in [7, 11) is 0. The van der Waals surface area contributed by atoms with Crippen molar-refractivity contribution in [2.45, 2.75) is 20.8 Å². The maximum atomic E-state index is 12.5. The number of carbonyl (C=O) groups is 1. The number of anilines is 1. The summed E-state index contributed by atoms with van der Waals surface area (Å²) < 4.78 is 15.9. The summed E-state index contributed by atoms with van der Waals surface area (Å²) in [6.45, 7) is 5.99. The maximum absolute atomic E-state index is 12.5. The van der Waals surface area contributed by atoms with Crippen LogP contribution in [0.3, 0.4) is 0 Å². The van der Waals surface area contributed by atoms with Gasteiger partial charge >= 0.3 is 0 Å². The number of nitrogens with one attached hydrogen (secondary N) is 1. The number of amides is 1. The summed E-state index contributed by atoms with van der Waals surface area (Å²) in [4.78, 5) is 12.5. The first-order valence-corrected chi connectivity index (χ1v) is 10.9. The quantitative estimate of drug-likeness (QED) is 0.410. The van der Waals surface area contributed by atoms with E-state index in [2.05, 4.69) is 29.4 Å². The van der Waals surface area contributed by atoms with Gasteiger partial charge < -0.3 is 10.1 Å². The fourth-order valence-corrected chi connectivity index (χ4v) is 3.80. The van der Waals surface area contributed by atoms with Gasteiger partial charge in [-0.3, -0.25) is 4.79 Å². The molecule has 0 radical (unpaired) electrons. The molecule has 33 heavy (non-hydrogen) atoms. The first-order valence-electron chi connectivity index (χ1n) is 10.2. The van der Waals surface area contributed by atoms with E-state index in [0.29, 0.717) is 34.2 Å². The number of ether oxygens (including phenoxy) is 1. The van der Waals surface area contributed by atoms with E-state index in [1.807, 2.05) is 26.8 Å². The zero-order valence-corrected chi connectivity index (χ0v) is 18.9. The third kappa shape index (κ3) is 4.15. The van der Waals surface area contributed by atoms with E-state index in [9.17, 15) is 4.79 Å². The van der Waals surface area contributed by atoms with Crippen LogP contribution in [-0.2, 0) is 0 Å². The highest BCUT2D eigenvalue weighted by Gasteiger charge is 2.12. The van der Waals surface area contributed by atoms with Crippen molar-refractivity contribution in [1.29, 1.82) is 0 Å². The summed E-state index contributed by atoms with van der Waals surface area (Å²) in [5.74, 6) is 1.34. The second-order valence-electron chi connectivity index (χ2n) is 7.49. The molecular weight excluding hydrogens is 438 g/mol. The molecule has 0 aliphatic carbocycles. The Morgan fingerprint density at radius 1 is 0.939 bits per heavy atom. The molecule has 5 rings (SSSR count). The van der Waals surface area contributed by atoms with Gasteiger partial charge in [-0.05, 0) is 74.9 Å². The number of carbonyl (C=O) groups excluding carboxylic acids is 1. The minimum absolute atomic E-state index is 0.223. The van der Waals surface area contributed by atoms with E-state index in [4.69, 9.17) is 4.74 Å². The highest BCUT2D eigenvalue weighted by Crippen LogP contribution is 2.23. The molecule has 0 bridgehead atoms. The predicted octanol–water partition coefficient (Wildman–Crippen LogP) is 4.64. The topological polar surface area (TPSA) is 108 Å². The molecule has 1 N–H and O–H groups in total. The fraction of sp³-hybridized carbons (Fsp3) is 0.130. The molecule has 9 nitrogen and oxygen atoms in total. The predicted molar refractivity (Wildman–Crippen MR) is 125 cm³/mol. The van der Waals surface area contributed by atoms with Crippen molar-refractivity contribution in [3.8, 4) is 17.4 Å². The minimum atomic E-state index is -0.223. The molecule has 5 aromatic rings. The average Bonchev–Trinajstić information content (AvgIpc) is 3.40. The number of hydrogen-bond acceptors (Lipinski definition) is 8. The Morgan fingerprint density at radius 3 is 2.42 bits per heavy atom. The minimum Gasteiger partial charge on any atom is -0.438 e. The zero-order chi connectivity index (χ0) is 22.9. The molecule has 0 unspecified atom stereocenters. The van der Waals surface area contributed by atoms with E-state index in [1.54, 1.807) is 53.2 Å². The molecule has 3 aromatic heterocycles. The molecule has 0 aliphatic heterocycles. The standard InChI is InChI=1S/C23H19N7O2S/c1-13-14(2)27-30(15(13)3)21-10-11-22(26-25-21)32-18-7-5-17(6-8-18)24-23(31)16-4-9-19-20(12-16)29-33-28-19/h4-12H,1-3H3,(H,24,31). The lowest BCUT2D eigenvalue weighted by Crippen LogP contribution is -2.11. The average molecular weight is 458 g/mol. The molecule has 10 heteroatoms. The number of fused-ring (bicyclic) bond motifs is 1. The van der Waals surface area contributed by atoms with Gasteiger partial charge in [0.05, 0.1) is 17.4 Å². The molecule has 0 saturated heterocycles. The van der Waals surface area contributed by atoms with Crippen molar-refractivity contribution < 1.29 is 9.53 Å². The van der Waals surface area contributed by atoms with Crippen molar-refractivity contribution >= 4 is 34.4 Å². The molecule has 0 aliphatic rings. The number of aryl methyl sites for hydroxylation is 1. The van der Waals surface area contributed by atoms with Gasteiger partial charge in [-0.15, -0.1) is 10.2 Å². The number of rotatable bonds is 5. The SMILES string of the molecule is Cc1nn(-c2ccc(Oc3ccc(NC(=O)c4ccc5nsnc5c4)cc3)nn2)c(C)c1C. The summed E-state index contributed by atoms with van der Waals surface area (Å²) >= 11 is 1.12. The normalized spacial score (nSPS) is 11.0. The molecule has 2 aromatic carbocycles. The van der Waals surface area contributed by atoms with Crippen molar-refractivity contribution in [3.05, 3.63) is 77.1 Å². The summed E-state index contributed by atoms with van der Waals surface area (Å²) in [6, 6.07) is 15.8. The van der Waals surface area contributed by atoms with Crippen LogP contribution in [0.5, 0.6) is 11.6 Å². The lowest BCUT2D eigenvalue weighted by Gasteiger charge is -2.08. The van der Waals surface area contributed by atoms with Gasteiger partial charge in [0.1, 0.15) is 16.8 Å². The monoisotopic (exact) mass is 457 g/mol. The Kier molecular flexibility index (Phi) is 5.27. The highest BCUT2D eigenvalue weighted by atomic mass is 32.1. The van der Waals surface area contributed by atoms with Crippen LogP contribution in [0.4, 0.5) is 5.69 Å². The van der Waals surface area contributed by atoms with E-state index >= 15 is 0 Å². The van der Waals surface area contributed by atoms with Crippen LogP contribution in [-0.4, -0.2) is 34.6 Å². The van der Waals surface area contributed by atoms with Gasteiger partial charge in [0.25, 0.3) is 5.91 Å². The van der Waals surface area contributed by atoms with Crippen LogP contribution in [0.25, 0.3) is 16.9 Å². The van der Waals surface area contributed by atoms with Crippen molar-refractivity contribution in [2.24, 2.45) is 0 Å². The van der Waals surface area contributed by atoms with Gasteiger partial charge in [0.2, 0.25) is 5.88 Å². The van der Waals surface area contributed by atoms with Gasteiger partial charge in [-0.1, -0.05) is 0 Å². The zero-order valence-electron chi connectivity index (χ0n) is 18.1. The van der Waals surface area contributed by atoms with E-state index in [0.717, 1.165) is 34.2 Å². The summed E-state index contributed by atoms with van der Waals surface area (Å²) in [5.41, 5.74) is 5.76. The Morgan fingerprint density at radius 2 is 1.73 bits per heavy atom. The number of nitrogens with zero attached hydrogens (tertiary/aromatic N) is 6. The molecule has 0 spiro atoms. The molecule has 0 fully saturated rings. The smallest absolute Gasteiger partial charge is 0.255 e. The second kappa shape index (κ2) is 8.40. The lowest BCUT2D eigenvalue weighted by atomic mass is 10.2. The van der Waals surface area contributed by atoms with Crippen molar-refractivity contribution in [2.75, 3.05) is 5.32 Å². The fourth-order valence-electron chi connectivity index (χ4n) is 3.28. The third-order valence-electron chi connectivity index (χ3n) is 5.35. The Balaban J connectivity index is 1.25. The van der Waals surface area contributed by atoms with E-state index < -0.39 is 0 Å². The number of hydrogen-bond donors (Lipinski definition) is 1. The first-order chi connectivity index (χ1) is 16.0. The van der Waals surface area contributed by atoms with E-state index in [1.165, 1.54) is 0 Å². The van der Waals surface area contributed by atoms with Gasteiger partial charge in [0.15, 0.2) is 5.82 Å². The van der Waals surface area contributed by atoms with Crippen LogP contribution in [0, 0.1) is 20.8 Å². The summed E-state index contributed by atoms with van der Waals surface area (Å²) in [5, 5.41) is 15.7. The molecule has 0 saturated carbocycles. The molecular formula is C23H19N7O2S. The van der Waals surface area contributed by atoms with Crippen molar-refractivity contribution in [1.82, 2.24) is 28.7 Å². The number of aromatic nitrogens is 6.